The molecule has 0 amide bonds. The SMILES string of the molecule is CCC(CN)CCNCC1CC1(C)C. The van der Waals surface area contributed by atoms with Gasteiger partial charge < -0.3 is 11.1 Å². The van der Waals surface area contributed by atoms with E-state index >= 15 is 0 Å². The first-order valence-electron chi connectivity index (χ1n) is 6.01. The third-order valence-electron chi connectivity index (χ3n) is 3.75. The van der Waals surface area contributed by atoms with E-state index in [0.29, 0.717) is 5.41 Å². The van der Waals surface area contributed by atoms with E-state index in [1.807, 2.05) is 0 Å². The predicted molar refractivity (Wildman–Crippen MR) is 62.2 cm³/mol. The summed E-state index contributed by atoms with van der Waals surface area (Å²) in [5.74, 6) is 1.63. The first-order chi connectivity index (χ1) is 6.60. The Morgan fingerprint density at radius 3 is 2.57 bits per heavy atom. The Balaban J connectivity index is 1.95. The lowest BCUT2D eigenvalue weighted by atomic mass is 10.0. The van der Waals surface area contributed by atoms with Crippen molar-refractivity contribution >= 4 is 0 Å². The topological polar surface area (TPSA) is 38.0 Å². The van der Waals surface area contributed by atoms with E-state index < -0.39 is 0 Å². The summed E-state index contributed by atoms with van der Waals surface area (Å²) in [6.45, 7) is 10.1. The zero-order chi connectivity index (χ0) is 10.6. The highest BCUT2D eigenvalue weighted by molar-refractivity contribution is 4.95. The average Bonchev–Trinajstić information content (AvgIpc) is 2.75. The molecule has 0 saturated heterocycles. The summed E-state index contributed by atoms with van der Waals surface area (Å²) in [6, 6.07) is 0. The van der Waals surface area contributed by atoms with Crippen molar-refractivity contribution in [1.29, 1.82) is 0 Å². The van der Waals surface area contributed by atoms with Crippen molar-refractivity contribution in [2.45, 2.75) is 40.0 Å². The van der Waals surface area contributed by atoms with Crippen molar-refractivity contribution in [3.8, 4) is 0 Å². The maximum atomic E-state index is 5.65. The summed E-state index contributed by atoms with van der Waals surface area (Å²) in [7, 11) is 0. The highest BCUT2D eigenvalue weighted by Crippen LogP contribution is 2.50. The third-order valence-corrected chi connectivity index (χ3v) is 3.75. The molecule has 0 heterocycles. The molecule has 0 radical (unpaired) electrons. The molecule has 1 aliphatic carbocycles. The van der Waals surface area contributed by atoms with Gasteiger partial charge in [-0.25, -0.2) is 0 Å². The van der Waals surface area contributed by atoms with Crippen LogP contribution in [0.5, 0.6) is 0 Å². The van der Waals surface area contributed by atoms with Gasteiger partial charge in [0, 0.05) is 0 Å². The van der Waals surface area contributed by atoms with Crippen molar-refractivity contribution < 1.29 is 0 Å². The van der Waals surface area contributed by atoms with Crippen LogP contribution in [0.3, 0.4) is 0 Å². The molecule has 0 aromatic rings. The molecule has 0 aliphatic heterocycles. The summed E-state index contributed by atoms with van der Waals surface area (Å²) in [6.07, 6.45) is 3.85. The van der Waals surface area contributed by atoms with Gasteiger partial charge in [0.2, 0.25) is 0 Å². The first kappa shape index (κ1) is 12.0. The van der Waals surface area contributed by atoms with Gasteiger partial charge >= 0.3 is 0 Å². The lowest BCUT2D eigenvalue weighted by Gasteiger charge is -2.12. The molecule has 2 heteroatoms. The number of nitrogens with two attached hydrogens (primary N) is 1. The van der Waals surface area contributed by atoms with Crippen LogP contribution in [-0.2, 0) is 0 Å². The normalized spacial score (nSPS) is 26.1. The van der Waals surface area contributed by atoms with Crippen LogP contribution in [0, 0.1) is 17.3 Å². The lowest BCUT2D eigenvalue weighted by Crippen LogP contribution is -2.24. The molecule has 14 heavy (non-hydrogen) atoms. The minimum absolute atomic E-state index is 0.616. The van der Waals surface area contributed by atoms with E-state index in [1.165, 1.54) is 25.8 Å². The fourth-order valence-electron chi connectivity index (χ4n) is 2.00. The van der Waals surface area contributed by atoms with Gasteiger partial charge in [0.1, 0.15) is 0 Å². The van der Waals surface area contributed by atoms with E-state index in [-0.39, 0.29) is 0 Å². The monoisotopic (exact) mass is 198 g/mol. The molecule has 0 bridgehead atoms. The Hall–Kier alpha value is -0.0800. The highest BCUT2D eigenvalue weighted by atomic mass is 14.9. The Morgan fingerprint density at radius 2 is 2.14 bits per heavy atom. The molecule has 84 valence electrons. The molecular weight excluding hydrogens is 172 g/mol. The van der Waals surface area contributed by atoms with E-state index in [4.69, 9.17) is 5.73 Å². The molecule has 1 rings (SSSR count). The van der Waals surface area contributed by atoms with Crippen LogP contribution in [0.15, 0.2) is 0 Å². The van der Waals surface area contributed by atoms with Crippen LogP contribution in [0.25, 0.3) is 0 Å². The van der Waals surface area contributed by atoms with Crippen LogP contribution in [0.1, 0.15) is 40.0 Å². The van der Waals surface area contributed by atoms with Gasteiger partial charge in [0.25, 0.3) is 0 Å². The van der Waals surface area contributed by atoms with E-state index in [1.54, 1.807) is 0 Å². The average molecular weight is 198 g/mol. The highest BCUT2D eigenvalue weighted by Gasteiger charge is 2.44. The molecule has 0 aromatic carbocycles. The van der Waals surface area contributed by atoms with Gasteiger partial charge in [-0.15, -0.1) is 0 Å². The molecule has 0 aromatic heterocycles. The molecule has 1 saturated carbocycles. The fraction of sp³-hybridized carbons (Fsp3) is 1.00. The van der Waals surface area contributed by atoms with Crippen molar-refractivity contribution in [1.82, 2.24) is 5.32 Å². The third kappa shape index (κ3) is 3.58. The van der Waals surface area contributed by atoms with Crippen LogP contribution >= 0.6 is 0 Å². The van der Waals surface area contributed by atoms with Gasteiger partial charge in [0.05, 0.1) is 0 Å². The fourth-order valence-corrected chi connectivity index (χ4v) is 2.00. The molecule has 2 unspecified atom stereocenters. The van der Waals surface area contributed by atoms with Crippen LogP contribution in [0.2, 0.25) is 0 Å². The number of hydrogen-bond acceptors (Lipinski definition) is 2. The van der Waals surface area contributed by atoms with Gasteiger partial charge in [-0.1, -0.05) is 27.2 Å². The number of nitrogens with one attached hydrogen (secondary N) is 1. The second-order valence-corrected chi connectivity index (χ2v) is 5.39. The second-order valence-electron chi connectivity index (χ2n) is 5.39. The molecule has 0 spiro atoms. The Kier molecular flexibility index (Phi) is 4.39. The van der Waals surface area contributed by atoms with E-state index in [9.17, 15) is 0 Å². The van der Waals surface area contributed by atoms with Crippen LogP contribution < -0.4 is 11.1 Å². The first-order valence-corrected chi connectivity index (χ1v) is 6.01. The summed E-state index contributed by atoms with van der Waals surface area (Å²) in [5, 5.41) is 3.55. The maximum Gasteiger partial charge on any atom is -0.00152 e. The molecule has 1 fully saturated rings. The maximum absolute atomic E-state index is 5.65. The largest absolute Gasteiger partial charge is 0.330 e. The minimum atomic E-state index is 0.616. The summed E-state index contributed by atoms with van der Waals surface area (Å²) < 4.78 is 0. The van der Waals surface area contributed by atoms with Crippen molar-refractivity contribution in [3.05, 3.63) is 0 Å². The van der Waals surface area contributed by atoms with Gasteiger partial charge in [-0.2, -0.15) is 0 Å². The predicted octanol–water partition coefficient (Wildman–Crippen LogP) is 2.00. The Bertz CT molecular complexity index is 158. The molecule has 3 N–H and O–H groups in total. The van der Waals surface area contributed by atoms with E-state index in [0.717, 1.165) is 24.9 Å². The summed E-state index contributed by atoms with van der Waals surface area (Å²) in [5.41, 5.74) is 6.27. The molecule has 2 nitrogen and oxygen atoms in total. The zero-order valence-electron chi connectivity index (χ0n) is 9.97. The van der Waals surface area contributed by atoms with Gasteiger partial charge in [-0.3, -0.25) is 0 Å². The van der Waals surface area contributed by atoms with Crippen LogP contribution in [0.4, 0.5) is 0 Å². The van der Waals surface area contributed by atoms with Crippen LogP contribution in [-0.4, -0.2) is 19.6 Å². The molecule has 1 aliphatic rings. The standard InChI is InChI=1S/C12H26N2/c1-4-10(8-13)5-6-14-9-11-7-12(11,2)3/h10-11,14H,4-9,13H2,1-3H3. The smallest absolute Gasteiger partial charge is 0.00152 e. The molecule has 2 atom stereocenters. The van der Waals surface area contributed by atoms with Crippen molar-refractivity contribution in [3.63, 3.8) is 0 Å². The number of hydrogen-bond donors (Lipinski definition) is 2. The summed E-state index contributed by atoms with van der Waals surface area (Å²) in [4.78, 5) is 0. The Labute approximate surface area is 88.6 Å². The Morgan fingerprint density at radius 1 is 1.50 bits per heavy atom. The van der Waals surface area contributed by atoms with Gasteiger partial charge in [0.15, 0.2) is 0 Å². The summed E-state index contributed by atoms with van der Waals surface area (Å²) >= 11 is 0. The number of rotatable bonds is 7. The molecular formula is C12H26N2. The van der Waals surface area contributed by atoms with Crippen molar-refractivity contribution in [2.24, 2.45) is 23.0 Å². The minimum Gasteiger partial charge on any atom is -0.330 e. The zero-order valence-corrected chi connectivity index (χ0v) is 9.97. The lowest BCUT2D eigenvalue weighted by molar-refractivity contribution is 0.445. The quantitative estimate of drug-likeness (QED) is 0.614. The second kappa shape index (κ2) is 5.13. The van der Waals surface area contributed by atoms with E-state index in [2.05, 4.69) is 26.1 Å². The van der Waals surface area contributed by atoms with Crippen molar-refractivity contribution in [2.75, 3.05) is 19.6 Å². The van der Waals surface area contributed by atoms with Gasteiger partial charge in [-0.05, 0) is 49.7 Å².